The van der Waals surface area contributed by atoms with Crippen molar-refractivity contribution in [1.82, 2.24) is 0 Å². The van der Waals surface area contributed by atoms with Crippen molar-refractivity contribution in [3.8, 4) is 11.8 Å². The second-order valence-electron chi connectivity index (χ2n) is 4.75. The zero-order valence-electron chi connectivity index (χ0n) is 12.0. The summed E-state index contributed by atoms with van der Waals surface area (Å²) in [5.41, 5.74) is 2.33. The van der Waals surface area contributed by atoms with E-state index in [1.165, 1.54) is 0 Å². The molecule has 0 spiro atoms. The highest BCUT2D eigenvalue weighted by Crippen LogP contribution is 2.15. The van der Waals surface area contributed by atoms with Gasteiger partial charge in [0.15, 0.2) is 6.10 Å². The number of anilines is 1. The molecule has 0 saturated carbocycles. The SMILES string of the molecule is Cc1ccc(OC(C)C(=O)Nc2ccc(C#N)cc2)cc1. The van der Waals surface area contributed by atoms with Crippen LogP contribution >= 0.6 is 0 Å². The molecule has 1 atom stereocenters. The smallest absolute Gasteiger partial charge is 0.265 e. The third kappa shape index (κ3) is 4.08. The standard InChI is InChI=1S/C17H16N2O2/c1-12-3-9-16(10-4-12)21-13(2)17(20)19-15-7-5-14(11-18)6-8-15/h3-10,13H,1-2H3,(H,19,20). The summed E-state index contributed by atoms with van der Waals surface area (Å²) in [4.78, 5) is 12.0. The molecule has 0 aliphatic rings. The summed E-state index contributed by atoms with van der Waals surface area (Å²) >= 11 is 0. The van der Waals surface area contributed by atoms with E-state index in [0.717, 1.165) is 5.56 Å². The Kier molecular flexibility index (Phi) is 4.57. The molecule has 1 amide bonds. The number of carbonyl (C=O) groups is 1. The number of hydrogen-bond acceptors (Lipinski definition) is 3. The normalized spacial score (nSPS) is 11.3. The van der Waals surface area contributed by atoms with Crippen molar-refractivity contribution >= 4 is 11.6 Å². The average molecular weight is 280 g/mol. The van der Waals surface area contributed by atoms with Crippen LogP contribution in [-0.4, -0.2) is 12.0 Å². The summed E-state index contributed by atoms with van der Waals surface area (Å²) in [5.74, 6) is 0.420. The van der Waals surface area contributed by atoms with Crippen LogP contribution in [0.4, 0.5) is 5.69 Å². The third-order valence-electron chi connectivity index (χ3n) is 2.98. The maximum Gasteiger partial charge on any atom is 0.265 e. The molecule has 0 fully saturated rings. The van der Waals surface area contributed by atoms with E-state index in [1.54, 1.807) is 31.2 Å². The summed E-state index contributed by atoms with van der Waals surface area (Å²) in [6.07, 6.45) is -0.608. The lowest BCUT2D eigenvalue weighted by molar-refractivity contribution is -0.122. The molecule has 106 valence electrons. The van der Waals surface area contributed by atoms with Crippen LogP contribution in [0, 0.1) is 18.3 Å². The Labute approximate surface area is 124 Å². The van der Waals surface area contributed by atoms with Crippen molar-refractivity contribution in [2.45, 2.75) is 20.0 Å². The highest BCUT2D eigenvalue weighted by atomic mass is 16.5. The topological polar surface area (TPSA) is 62.1 Å². The van der Waals surface area contributed by atoms with Crippen LogP contribution in [0.1, 0.15) is 18.1 Å². The van der Waals surface area contributed by atoms with E-state index >= 15 is 0 Å². The molecule has 2 aromatic rings. The predicted octanol–water partition coefficient (Wildman–Crippen LogP) is 3.27. The number of carbonyl (C=O) groups excluding carboxylic acids is 1. The summed E-state index contributed by atoms with van der Waals surface area (Å²) in [7, 11) is 0. The lowest BCUT2D eigenvalue weighted by atomic mass is 10.2. The number of nitrogens with zero attached hydrogens (tertiary/aromatic N) is 1. The molecule has 0 radical (unpaired) electrons. The molecule has 4 heteroatoms. The van der Waals surface area contributed by atoms with E-state index in [1.807, 2.05) is 37.3 Å². The Hall–Kier alpha value is -2.80. The highest BCUT2D eigenvalue weighted by Gasteiger charge is 2.14. The zero-order valence-corrected chi connectivity index (χ0v) is 12.0. The number of rotatable bonds is 4. The molecule has 1 N–H and O–H groups in total. The number of aryl methyl sites for hydroxylation is 1. The van der Waals surface area contributed by atoms with Gasteiger partial charge < -0.3 is 10.1 Å². The van der Waals surface area contributed by atoms with Crippen molar-refractivity contribution in [2.24, 2.45) is 0 Å². The fourth-order valence-electron chi connectivity index (χ4n) is 1.75. The number of ether oxygens (including phenoxy) is 1. The molecular weight excluding hydrogens is 264 g/mol. The predicted molar refractivity (Wildman–Crippen MR) is 81.1 cm³/mol. The van der Waals surface area contributed by atoms with Gasteiger partial charge in [-0.1, -0.05) is 17.7 Å². The molecule has 2 rings (SSSR count). The van der Waals surface area contributed by atoms with Gasteiger partial charge in [0.2, 0.25) is 0 Å². The van der Waals surface area contributed by atoms with Gasteiger partial charge in [0, 0.05) is 5.69 Å². The van der Waals surface area contributed by atoms with E-state index in [4.69, 9.17) is 10.00 Å². The fourth-order valence-corrected chi connectivity index (χ4v) is 1.75. The van der Waals surface area contributed by atoms with E-state index in [-0.39, 0.29) is 5.91 Å². The second-order valence-corrected chi connectivity index (χ2v) is 4.75. The number of nitriles is 1. The molecular formula is C17H16N2O2. The van der Waals surface area contributed by atoms with Gasteiger partial charge >= 0.3 is 0 Å². The molecule has 0 bridgehead atoms. The van der Waals surface area contributed by atoms with Crippen LogP contribution in [0.15, 0.2) is 48.5 Å². The molecule has 4 nitrogen and oxygen atoms in total. The Morgan fingerprint density at radius 1 is 1.14 bits per heavy atom. The summed E-state index contributed by atoms with van der Waals surface area (Å²) in [6, 6.07) is 16.2. The van der Waals surface area contributed by atoms with Crippen molar-refractivity contribution in [3.05, 3.63) is 59.7 Å². The Morgan fingerprint density at radius 2 is 1.76 bits per heavy atom. The number of nitrogens with one attached hydrogen (secondary N) is 1. The first-order chi connectivity index (χ1) is 10.1. The molecule has 0 heterocycles. The summed E-state index contributed by atoms with van der Waals surface area (Å²) < 4.78 is 5.58. The molecule has 2 aromatic carbocycles. The molecule has 0 saturated heterocycles. The summed E-state index contributed by atoms with van der Waals surface area (Å²) in [6.45, 7) is 3.68. The van der Waals surface area contributed by atoms with Crippen LogP contribution < -0.4 is 10.1 Å². The average Bonchev–Trinajstić information content (AvgIpc) is 2.50. The molecule has 21 heavy (non-hydrogen) atoms. The van der Waals surface area contributed by atoms with Gasteiger partial charge in [-0.3, -0.25) is 4.79 Å². The minimum Gasteiger partial charge on any atom is -0.481 e. The van der Waals surface area contributed by atoms with Crippen LogP contribution in [-0.2, 0) is 4.79 Å². The lowest BCUT2D eigenvalue weighted by Gasteiger charge is -2.15. The van der Waals surface area contributed by atoms with Crippen LogP contribution in [0.3, 0.4) is 0 Å². The molecule has 0 aliphatic carbocycles. The first-order valence-corrected chi connectivity index (χ1v) is 6.63. The van der Waals surface area contributed by atoms with Gasteiger partial charge in [-0.05, 0) is 50.2 Å². The van der Waals surface area contributed by atoms with Crippen molar-refractivity contribution in [2.75, 3.05) is 5.32 Å². The number of benzene rings is 2. The van der Waals surface area contributed by atoms with Crippen LogP contribution in [0.25, 0.3) is 0 Å². The maximum absolute atomic E-state index is 12.0. The first kappa shape index (κ1) is 14.6. The van der Waals surface area contributed by atoms with Crippen LogP contribution in [0.5, 0.6) is 5.75 Å². The van der Waals surface area contributed by atoms with E-state index in [2.05, 4.69) is 5.32 Å². The van der Waals surface area contributed by atoms with Crippen molar-refractivity contribution in [1.29, 1.82) is 5.26 Å². The van der Waals surface area contributed by atoms with Gasteiger partial charge in [0.25, 0.3) is 5.91 Å². The van der Waals surface area contributed by atoms with Gasteiger partial charge in [-0.15, -0.1) is 0 Å². The molecule has 1 unspecified atom stereocenters. The quantitative estimate of drug-likeness (QED) is 0.935. The maximum atomic E-state index is 12.0. The van der Waals surface area contributed by atoms with Gasteiger partial charge in [0.05, 0.1) is 11.6 Å². The first-order valence-electron chi connectivity index (χ1n) is 6.63. The van der Waals surface area contributed by atoms with Crippen LogP contribution in [0.2, 0.25) is 0 Å². The third-order valence-corrected chi connectivity index (χ3v) is 2.98. The van der Waals surface area contributed by atoms with E-state index in [0.29, 0.717) is 17.0 Å². The Bertz CT molecular complexity index is 655. The Morgan fingerprint density at radius 3 is 2.33 bits per heavy atom. The van der Waals surface area contributed by atoms with Gasteiger partial charge in [-0.25, -0.2) is 0 Å². The van der Waals surface area contributed by atoms with Gasteiger partial charge in [0.1, 0.15) is 5.75 Å². The number of hydrogen-bond donors (Lipinski definition) is 1. The van der Waals surface area contributed by atoms with Crippen molar-refractivity contribution in [3.63, 3.8) is 0 Å². The molecule has 0 aliphatic heterocycles. The summed E-state index contributed by atoms with van der Waals surface area (Å²) in [5, 5.41) is 11.5. The largest absolute Gasteiger partial charge is 0.481 e. The van der Waals surface area contributed by atoms with E-state index in [9.17, 15) is 4.79 Å². The van der Waals surface area contributed by atoms with Gasteiger partial charge in [-0.2, -0.15) is 5.26 Å². The zero-order chi connectivity index (χ0) is 15.2. The second kappa shape index (κ2) is 6.58. The van der Waals surface area contributed by atoms with E-state index < -0.39 is 6.10 Å². The highest BCUT2D eigenvalue weighted by molar-refractivity contribution is 5.94. The Balaban J connectivity index is 1.95. The molecule has 0 aromatic heterocycles. The number of amides is 1. The minimum atomic E-state index is -0.608. The fraction of sp³-hybridized carbons (Fsp3) is 0.176. The van der Waals surface area contributed by atoms with Crippen molar-refractivity contribution < 1.29 is 9.53 Å². The lowest BCUT2D eigenvalue weighted by Crippen LogP contribution is -2.30. The monoisotopic (exact) mass is 280 g/mol. The minimum absolute atomic E-state index is 0.236.